The van der Waals surface area contributed by atoms with Crippen LogP contribution in [0.2, 0.25) is 0 Å². The van der Waals surface area contributed by atoms with Gasteiger partial charge in [0, 0.05) is 99.2 Å². The number of carbonyl (C=O) groups is 1. The number of hydrogen-bond acceptors (Lipinski definition) is 8. The van der Waals surface area contributed by atoms with Gasteiger partial charge >= 0.3 is 0 Å². The first-order chi connectivity index (χ1) is 22.0. The molecule has 13 heteroatoms. The molecule has 6 rings (SSSR count). The number of aryl methyl sites for hydroxylation is 1. The van der Waals surface area contributed by atoms with Crippen molar-refractivity contribution in [3.8, 4) is 5.69 Å². The number of rotatable bonds is 10. The van der Waals surface area contributed by atoms with Crippen LogP contribution in [-0.2, 0) is 16.4 Å². The summed E-state index contributed by atoms with van der Waals surface area (Å²) in [4.78, 5) is 27.3. The van der Waals surface area contributed by atoms with Crippen LogP contribution in [0.25, 0.3) is 5.69 Å². The number of nitrogens with one attached hydrogen (secondary N) is 2. The second kappa shape index (κ2) is 13.6. The topological polar surface area (TPSA) is 115 Å². The van der Waals surface area contributed by atoms with E-state index in [9.17, 15) is 13.2 Å². The maximum Gasteiger partial charge on any atom is 0.251 e. The van der Waals surface area contributed by atoms with Crippen LogP contribution in [0.1, 0.15) is 46.3 Å². The number of halogens is 1. The van der Waals surface area contributed by atoms with Crippen molar-refractivity contribution in [2.75, 3.05) is 70.5 Å². The minimum Gasteiger partial charge on any atom is -0.378 e. The van der Waals surface area contributed by atoms with Crippen LogP contribution < -0.4 is 10.6 Å². The lowest BCUT2D eigenvalue weighted by Gasteiger charge is -2.32. The van der Waals surface area contributed by atoms with Gasteiger partial charge in [0.15, 0.2) is 0 Å². The molecule has 0 saturated carbocycles. The van der Waals surface area contributed by atoms with E-state index >= 15 is 0 Å². The standard InChI is InChI=1S/C33H43BrN8O3S/c1-5-46(44,45)41-12-10-25(21-41)37-31-28(34)20-36-30-19-29(38-32(30)31)27-18-22(2)42(23(27)3)26-8-6-24(7-9-26)33(43)35-11-13-40-16-14-39(4)15-17-40/h6-9,18,20,25H,5,10-17,19,21H2,1-4H3,(H,35,43)(H,36,37). The van der Waals surface area contributed by atoms with E-state index in [4.69, 9.17) is 4.99 Å². The number of carbonyl (C=O) groups excluding carboxylic acids is 1. The summed E-state index contributed by atoms with van der Waals surface area (Å²) in [5, 5.41) is 6.64. The van der Waals surface area contributed by atoms with E-state index in [1.54, 1.807) is 17.4 Å². The molecule has 1 atom stereocenters. The van der Waals surface area contributed by atoms with Crippen LogP contribution in [0.5, 0.6) is 0 Å². The van der Waals surface area contributed by atoms with Gasteiger partial charge in [0.2, 0.25) is 10.0 Å². The highest BCUT2D eigenvalue weighted by Gasteiger charge is 2.32. The van der Waals surface area contributed by atoms with E-state index in [1.165, 1.54) is 0 Å². The molecule has 0 spiro atoms. The van der Waals surface area contributed by atoms with Crippen LogP contribution in [0.4, 0.5) is 11.4 Å². The Bertz CT molecular complexity index is 1750. The van der Waals surface area contributed by atoms with Gasteiger partial charge in [-0.1, -0.05) is 0 Å². The zero-order valence-corrected chi connectivity index (χ0v) is 29.4. The van der Waals surface area contributed by atoms with E-state index in [0.717, 1.165) is 89.0 Å². The number of likely N-dealkylation sites (N-methyl/N-ethyl adjacent to an activating group) is 1. The molecule has 3 aliphatic rings. The number of anilines is 1. The molecule has 3 aromatic rings. The summed E-state index contributed by atoms with van der Waals surface area (Å²) in [6.45, 7) is 12.5. The van der Waals surface area contributed by atoms with Gasteiger partial charge in [-0.3, -0.25) is 14.7 Å². The number of nitrogens with zero attached hydrogens (tertiary/aromatic N) is 6. The minimum absolute atomic E-state index is 0.00422. The predicted molar refractivity (Wildman–Crippen MR) is 186 cm³/mol. The number of amides is 1. The van der Waals surface area contributed by atoms with Gasteiger partial charge in [-0.05, 0) is 80.5 Å². The molecule has 2 N–H and O–H groups in total. The third-order valence-corrected chi connectivity index (χ3v) is 11.8. The predicted octanol–water partition coefficient (Wildman–Crippen LogP) is 3.74. The smallest absolute Gasteiger partial charge is 0.251 e. The lowest BCUT2D eigenvalue weighted by atomic mass is 10.1. The molecule has 1 amide bonds. The molecule has 0 radical (unpaired) electrons. The zero-order valence-electron chi connectivity index (χ0n) is 27.0. The van der Waals surface area contributed by atoms with Gasteiger partial charge in [-0.25, -0.2) is 13.4 Å². The fourth-order valence-corrected chi connectivity index (χ4v) is 8.15. The first-order valence-electron chi connectivity index (χ1n) is 16.0. The SMILES string of the molecule is CCS(=O)(=O)N1CCC(Nc2c(Br)cnc3c2N=C(c2cc(C)n(-c4ccc(C(=O)NCCN5CCN(C)CC5)cc4)c2C)C3)C1. The Morgan fingerprint density at radius 2 is 1.83 bits per heavy atom. The highest BCUT2D eigenvalue weighted by atomic mass is 79.9. The van der Waals surface area contributed by atoms with Crippen molar-refractivity contribution in [1.29, 1.82) is 0 Å². The monoisotopic (exact) mass is 710 g/mol. The number of sulfonamides is 1. The Balaban J connectivity index is 1.14. The maximum absolute atomic E-state index is 12.8. The average Bonchev–Trinajstić information content (AvgIpc) is 3.77. The maximum atomic E-state index is 12.8. The molecule has 1 aromatic carbocycles. The number of aliphatic imine (C=N–C) groups is 1. The summed E-state index contributed by atoms with van der Waals surface area (Å²) in [6, 6.07) is 9.92. The lowest BCUT2D eigenvalue weighted by molar-refractivity contribution is 0.0941. The van der Waals surface area contributed by atoms with E-state index in [-0.39, 0.29) is 17.7 Å². The van der Waals surface area contributed by atoms with Crippen LogP contribution in [0, 0.1) is 13.8 Å². The van der Waals surface area contributed by atoms with E-state index in [2.05, 4.69) is 72.9 Å². The second-order valence-electron chi connectivity index (χ2n) is 12.5. The van der Waals surface area contributed by atoms with Crippen molar-refractivity contribution in [3.05, 3.63) is 69.2 Å². The summed E-state index contributed by atoms with van der Waals surface area (Å²) < 4.78 is 29.4. The van der Waals surface area contributed by atoms with Gasteiger partial charge < -0.3 is 20.1 Å². The lowest BCUT2D eigenvalue weighted by Crippen LogP contribution is -2.46. The molecule has 246 valence electrons. The van der Waals surface area contributed by atoms with Gasteiger partial charge in [0.25, 0.3) is 5.91 Å². The van der Waals surface area contributed by atoms with Crippen molar-refractivity contribution in [3.63, 3.8) is 0 Å². The first-order valence-corrected chi connectivity index (χ1v) is 18.4. The molecule has 0 aliphatic carbocycles. The zero-order chi connectivity index (χ0) is 32.6. The summed E-state index contributed by atoms with van der Waals surface area (Å²) in [6.07, 6.45) is 3.13. The van der Waals surface area contributed by atoms with E-state index < -0.39 is 10.0 Å². The Labute approximate surface area is 280 Å². The highest BCUT2D eigenvalue weighted by molar-refractivity contribution is 9.10. The Kier molecular flexibility index (Phi) is 9.68. The van der Waals surface area contributed by atoms with Crippen LogP contribution >= 0.6 is 15.9 Å². The molecular weight excluding hydrogens is 668 g/mol. The quantitative estimate of drug-likeness (QED) is 0.330. The largest absolute Gasteiger partial charge is 0.378 e. The fourth-order valence-electron chi connectivity index (χ4n) is 6.59. The number of benzene rings is 1. The summed E-state index contributed by atoms with van der Waals surface area (Å²) in [5.74, 6) is 0.0533. The Hall–Kier alpha value is -3.10. The first kappa shape index (κ1) is 32.8. The number of piperazine rings is 1. The number of aromatic nitrogens is 2. The Morgan fingerprint density at radius 1 is 1.09 bits per heavy atom. The molecule has 3 aliphatic heterocycles. The van der Waals surface area contributed by atoms with Crippen molar-refractivity contribution in [2.45, 2.75) is 39.7 Å². The molecular formula is C33H43BrN8O3S. The van der Waals surface area contributed by atoms with Crippen LogP contribution in [0.15, 0.2) is 46.0 Å². The van der Waals surface area contributed by atoms with Crippen molar-refractivity contribution in [2.24, 2.45) is 4.99 Å². The fraction of sp³-hybridized carbons (Fsp3) is 0.485. The van der Waals surface area contributed by atoms with Crippen LogP contribution in [0.3, 0.4) is 0 Å². The second-order valence-corrected chi connectivity index (χ2v) is 15.6. The number of fused-ring (bicyclic) bond motifs is 1. The van der Waals surface area contributed by atoms with E-state index in [0.29, 0.717) is 31.6 Å². The third-order valence-electron chi connectivity index (χ3n) is 9.36. The summed E-state index contributed by atoms with van der Waals surface area (Å²) >= 11 is 3.65. The molecule has 46 heavy (non-hydrogen) atoms. The van der Waals surface area contributed by atoms with Gasteiger partial charge in [0.05, 0.1) is 27.3 Å². The molecule has 2 saturated heterocycles. The molecule has 2 fully saturated rings. The van der Waals surface area contributed by atoms with Crippen molar-refractivity contribution >= 4 is 48.9 Å². The van der Waals surface area contributed by atoms with Crippen LogP contribution in [-0.4, -0.2) is 115 Å². The van der Waals surface area contributed by atoms with Gasteiger partial charge in [0.1, 0.15) is 5.69 Å². The summed E-state index contributed by atoms with van der Waals surface area (Å²) in [7, 11) is -1.08. The molecule has 2 aromatic heterocycles. The van der Waals surface area contributed by atoms with Crippen molar-refractivity contribution in [1.82, 2.24) is 29.0 Å². The van der Waals surface area contributed by atoms with Gasteiger partial charge in [-0.2, -0.15) is 4.31 Å². The third kappa shape index (κ3) is 6.79. The molecule has 5 heterocycles. The molecule has 1 unspecified atom stereocenters. The molecule has 0 bridgehead atoms. The molecule has 11 nitrogen and oxygen atoms in total. The number of pyridine rings is 1. The van der Waals surface area contributed by atoms with Gasteiger partial charge in [-0.15, -0.1) is 0 Å². The number of hydrogen-bond donors (Lipinski definition) is 2. The minimum atomic E-state index is -3.22. The Morgan fingerprint density at radius 3 is 2.54 bits per heavy atom. The normalized spacial score (nSPS) is 19.3. The summed E-state index contributed by atoms with van der Waals surface area (Å²) in [5.41, 5.74) is 8.33. The highest BCUT2D eigenvalue weighted by Crippen LogP contribution is 2.41. The van der Waals surface area contributed by atoms with E-state index in [1.807, 2.05) is 24.3 Å². The van der Waals surface area contributed by atoms with Crippen molar-refractivity contribution < 1.29 is 13.2 Å². The average molecular weight is 712 g/mol.